The van der Waals surface area contributed by atoms with Crippen molar-refractivity contribution in [1.29, 1.82) is 0 Å². The Labute approximate surface area is 172 Å². The predicted octanol–water partition coefficient (Wildman–Crippen LogP) is 1.18. The number of carbonyl (C=O) groups is 2. The molecule has 0 saturated heterocycles. The van der Waals surface area contributed by atoms with E-state index >= 15 is 0 Å². The van der Waals surface area contributed by atoms with Crippen LogP contribution >= 0.6 is 11.8 Å². The zero-order valence-electron chi connectivity index (χ0n) is 17.8. The lowest BCUT2D eigenvalue weighted by atomic mass is 10.0. The Morgan fingerprint density at radius 3 is 2.61 bits per heavy atom. The maximum absolute atomic E-state index is 12.4. The van der Waals surface area contributed by atoms with Crippen molar-refractivity contribution in [2.45, 2.75) is 45.7 Å². The van der Waals surface area contributed by atoms with Crippen LogP contribution in [0.25, 0.3) is 0 Å². The van der Waals surface area contributed by atoms with Crippen LogP contribution in [0.15, 0.2) is 0 Å². The molecule has 1 aliphatic heterocycles. The summed E-state index contributed by atoms with van der Waals surface area (Å²) in [5.74, 6) is 3.14. The lowest BCUT2D eigenvalue weighted by Gasteiger charge is -2.23. The highest BCUT2D eigenvalue weighted by molar-refractivity contribution is 7.98. The predicted molar refractivity (Wildman–Crippen MR) is 112 cm³/mol. The third-order valence-electron chi connectivity index (χ3n) is 4.74. The molecule has 1 atom stereocenters. The first-order valence-corrected chi connectivity index (χ1v) is 11.3. The van der Waals surface area contributed by atoms with Crippen LogP contribution in [0.5, 0.6) is 0 Å². The first-order valence-electron chi connectivity index (χ1n) is 9.94. The van der Waals surface area contributed by atoms with Gasteiger partial charge in [-0.1, -0.05) is 13.8 Å². The minimum absolute atomic E-state index is 0.0181. The van der Waals surface area contributed by atoms with Gasteiger partial charge in [0.15, 0.2) is 5.82 Å². The van der Waals surface area contributed by atoms with Crippen LogP contribution in [0.1, 0.15) is 44.4 Å². The summed E-state index contributed by atoms with van der Waals surface area (Å²) < 4.78 is 2.10. The van der Waals surface area contributed by atoms with Gasteiger partial charge in [0.1, 0.15) is 5.82 Å². The summed E-state index contributed by atoms with van der Waals surface area (Å²) in [5, 5.41) is 11.9. The molecule has 0 bridgehead atoms. The van der Waals surface area contributed by atoms with Crippen LogP contribution in [0, 0.1) is 5.92 Å². The van der Waals surface area contributed by atoms with Crippen molar-refractivity contribution >= 4 is 23.6 Å². The Bertz CT molecular complexity index is 661. The summed E-state index contributed by atoms with van der Waals surface area (Å²) in [6, 6.07) is -0.174. The summed E-state index contributed by atoms with van der Waals surface area (Å²) >= 11 is 1.69. The molecule has 8 nitrogen and oxygen atoms in total. The number of nitrogens with one attached hydrogen (secondary N) is 1. The van der Waals surface area contributed by atoms with Crippen LogP contribution in [0.4, 0.5) is 0 Å². The molecule has 1 aromatic rings. The van der Waals surface area contributed by atoms with Gasteiger partial charge in [-0.2, -0.15) is 11.8 Å². The molecule has 1 aromatic heterocycles. The number of amides is 2. The fraction of sp³-hybridized carbons (Fsp3) is 0.789. The van der Waals surface area contributed by atoms with Crippen molar-refractivity contribution < 1.29 is 9.59 Å². The van der Waals surface area contributed by atoms with Gasteiger partial charge in [0.05, 0.1) is 12.6 Å². The molecule has 0 unspecified atom stereocenters. The SMILES string of the molecule is CSCCC(=O)N1CCc2nnc([C@@H](CC(C)C)NC(=O)CN(C)C)n2CC1. The number of hydrogen-bond donors (Lipinski definition) is 1. The first kappa shape index (κ1) is 22.7. The van der Waals surface area contributed by atoms with Gasteiger partial charge in [-0.3, -0.25) is 9.59 Å². The topological polar surface area (TPSA) is 83.4 Å². The van der Waals surface area contributed by atoms with E-state index in [1.807, 2.05) is 30.2 Å². The molecule has 1 aliphatic rings. The van der Waals surface area contributed by atoms with Crippen LogP contribution in [0.2, 0.25) is 0 Å². The van der Waals surface area contributed by atoms with E-state index in [2.05, 4.69) is 33.9 Å². The third kappa shape index (κ3) is 6.48. The number of nitrogens with zero attached hydrogens (tertiary/aromatic N) is 5. The second kappa shape index (κ2) is 10.8. The van der Waals surface area contributed by atoms with E-state index < -0.39 is 0 Å². The molecule has 0 saturated carbocycles. The van der Waals surface area contributed by atoms with Crippen LogP contribution in [-0.2, 0) is 22.6 Å². The molecule has 0 spiro atoms. The minimum Gasteiger partial charge on any atom is -0.345 e. The standard InChI is InChI=1S/C19H34N6O2S/c1-14(2)12-15(20-17(26)13-23(3)4)19-22-21-16-6-8-24(9-10-25(16)19)18(27)7-11-28-5/h14-15H,6-13H2,1-5H3,(H,20,26)/t15-/m1/s1. The van der Waals surface area contributed by atoms with E-state index in [9.17, 15) is 9.59 Å². The lowest BCUT2D eigenvalue weighted by Crippen LogP contribution is -2.38. The van der Waals surface area contributed by atoms with E-state index in [0.717, 1.165) is 23.8 Å². The summed E-state index contributed by atoms with van der Waals surface area (Å²) in [4.78, 5) is 28.5. The van der Waals surface area contributed by atoms with Gasteiger partial charge in [-0.25, -0.2) is 0 Å². The molecule has 0 fully saturated rings. The number of carbonyl (C=O) groups excluding carboxylic acids is 2. The van der Waals surface area contributed by atoms with Crippen molar-refractivity contribution in [3.63, 3.8) is 0 Å². The summed E-state index contributed by atoms with van der Waals surface area (Å²) in [5.41, 5.74) is 0. The maximum atomic E-state index is 12.4. The number of hydrogen-bond acceptors (Lipinski definition) is 6. The second-order valence-corrected chi connectivity index (χ2v) is 8.97. The van der Waals surface area contributed by atoms with Crippen molar-refractivity contribution in [3.8, 4) is 0 Å². The van der Waals surface area contributed by atoms with Gasteiger partial charge in [0.25, 0.3) is 0 Å². The molecule has 2 heterocycles. The Balaban J connectivity index is 2.13. The zero-order valence-corrected chi connectivity index (χ0v) is 18.6. The van der Waals surface area contributed by atoms with Crippen LogP contribution < -0.4 is 5.32 Å². The van der Waals surface area contributed by atoms with Gasteiger partial charge >= 0.3 is 0 Å². The van der Waals surface area contributed by atoms with E-state index in [4.69, 9.17) is 0 Å². The maximum Gasteiger partial charge on any atom is 0.234 e. The molecule has 158 valence electrons. The molecular weight excluding hydrogens is 376 g/mol. The number of aromatic nitrogens is 3. The van der Waals surface area contributed by atoms with Gasteiger partial charge in [0.2, 0.25) is 11.8 Å². The van der Waals surface area contributed by atoms with Crippen LogP contribution in [-0.4, -0.2) is 82.1 Å². The number of rotatable bonds is 9. The fourth-order valence-corrected chi connectivity index (χ4v) is 3.81. The average Bonchev–Trinajstić information content (AvgIpc) is 2.89. The van der Waals surface area contributed by atoms with Crippen molar-refractivity contribution in [3.05, 3.63) is 11.6 Å². The molecule has 0 aromatic carbocycles. The van der Waals surface area contributed by atoms with Gasteiger partial charge in [0, 0.05) is 38.2 Å². The Morgan fingerprint density at radius 2 is 1.96 bits per heavy atom. The number of likely N-dealkylation sites (N-methyl/N-ethyl adjacent to an activating group) is 1. The van der Waals surface area contributed by atoms with Crippen molar-refractivity contribution in [2.75, 3.05) is 45.7 Å². The summed E-state index contributed by atoms with van der Waals surface area (Å²) in [6.07, 6.45) is 4.08. The van der Waals surface area contributed by atoms with Gasteiger partial charge in [-0.15, -0.1) is 10.2 Å². The monoisotopic (exact) mass is 410 g/mol. The van der Waals surface area contributed by atoms with E-state index in [1.54, 1.807) is 11.8 Å². The molecular formula is C19H34N6O2S. The Morgan fingerprint density at radius 1 is 1.21 bits per heavy atom. The Kier molecular flexibility index (Phi) is 8.75. The minimum atomic E-state index is -0.174. The highest BCUT2D eigenvalue weighted by Crippen LogP contribution is 2.22. The largest absolute Gasteiger partial charge is 0.345 e. The molecule has 0 radical (unpaired) electrons. The molecule has 0 aliphatic carbocycles. The second-order valence-electron chi connectivity index (χ2n) is 7.99. The molecule has 28 heavy (non-hydrogen) atoms. The van der Waals surface area contributed by atoms with Crippen LogP contribution in [0.3, 0.4) is 0 Å². The molecule has 2 amide bonds. The van der Waals surface area contributed by atoms with Gasteiger partial charge < -0.3 is 19.7 Å². The summed E-state index contributed by atoms with van der Waals surface area (Å²) in [7, 11) is 3.76. The highest BCUT2D eigenvalue weighted by atomic mass is 32.2. The van der Waals surface area contributed by atoms with E-state index in [-0.39, 0.29) is 17.9 Å². The zero-order chi connectivity index (χ0) is 20.7. The molecule has 1 N–H and O–H groups in total. The molecule has 2 rings (SSSR count). The van der Waals surface area contributed by atoms with Gasteiger partial charge in [-0.05, 0) is 32.7 Å². The quantitative estimate of drug-likeness (QED) is 0.658. The summed E-state index contributed by atoms with van der Waals surface area (Å²) in [6.45, 7) is 6.61. The van der Waals surface area contributed by atoms with E-state index in [1.165, 1.54) is 0 Å². The smallest absolute Gasteiger partial charge is 0.234 e. The third-order valence-corrected chi connectivity index (χ3v) is 5.35. The lowest BCUT2D eigenvalue weighted by molar-refractivity contribution is -0.130. The normalized spacial score (nSPS) is 15.5. The number of fused-ring (bicyclic) bond motifs is 1. The van der Waals surface area contributed by atoms with E-state index in [0.29, 0.717) is 44.9 Å². The molecule has 9 heteroatoms. The highest BCUT2D eigenvalue weighted by Gasteiger charge is 2.27. The number of thioether (sulfide) groups is 1. The Hall–Kier alpha value is -1.61. The van der Waals surface area contributed by atoms with Crippen molar-refractivity contribution in [1.82, 2.24) is 29.9 Å². The van der Waals surface area contributed by atoms with Crippen molar-refractivity contribution in [2.24, 2.45) is 5.92 Å². The first-order chi connectivity index (χ1) is 13.3. The fourth-order valence-electron chi connectivity index (χ4n) is 3.43. The average molecular weight is 411 g/mol.